The van der Waals surface area contributed by atoms with E-state index in [4.69, 9.17) is 4.74 Å². The number of ether oxygens (including phenoxy) is 1. The van der Waals surface area contributed by atoms with E-state index in [0.717, 1.165) is 12.3 Å². The Morgan fingerprint density at radius 3 is 2.71 bits per heavy atom. The monoisotopic (exact) mass is 329 g/mol. The first-order valence-corrected chi connectivity index (χ1v) is 8.57. The van der Waals surface area contributed by atoms with E-state index in [1.54, 1.807) is 24.3 Å². The lowest BCUT2D eigenvalue weighted by molar-refractivity contribution is -0.148. The van der Waals surface area contributed by atoms with Crippen molar-refractivity contribution in [2.24, 2.45) is 17.8 Å². The zero-order valence-corrected chi connectivity index (χ0v) is 13.9. The second-order valence-corrected chi connectivity index (χ2v) is 6.98. The van der Waals surface area contributed by atoms with Gasteiger partial charge in [-0.1, -0.05) is 18.6 Å². The Morgan fingerprint density at radius 1 is 1.21 bits per heavy atom. The van der Waals surface area contributed by atoms with Crippen LogP contribution in [0.25, 0.3) is 0 Å². The van der Waals surface area contributed by atoms with Crippen LogP contribution in [0.1, 0.15) is 49.4 Å². The molecule has 5 heteroatoms. The summed E-state index contributed by atoms with van der Waals surface area (Å²) < 4.78 is 5.11. The molecule has 2 aliphatic carbocycles. The molecule has 0 spiro atoms. The fraction of sp³-hybridized carbons (Fsp3) is 0.526. The van der Waals surface area contributed by atoms with Crippen molar-refractivity contribution in [2.45, 2.75) is 39.0 Å². The van der Waals surface area contributed by atoms with Crippen LogP contribution in [0.4, 0.5) is 5.69 Å². The number of nitrogens with one attached hydrogen (secondary N) is 1. The van der Waals surface area contributed by atoms with Gasteiger partial charge in [0.25, 0.3) is 5.91 Å². The Kier molecular flexibility index (Phi) is 4.97. The van der Waals surface area contributed by atoms with Crippen LogP contribution >= 0.6 is 0 Å². The molecule has 0 saturated heterocycles. The summed E-state index contributed by atoms with van der Waals surface area (Å²) in [7, 11) is 0. The summed E-state index contributed by atoms with van der Waals surface area (Å²) in [4.78, 5) is 35.2. The van der Waals surface area contributed by atoms with Crippen LogP contribution in [0.5, 0.6) is 0 Å². The molecule has 2 aliphatic rings. The third-order valence-corrected chi connectivity index (χ3v) is 5.23. The molecule has 3 atom stereocenters. The topological polar surface area (TPSA) is 72.5 Å². The van der Waals surface area contributed by atoms with Crippen LogP contribution in [0.15, 0.2) is 24.3 Å². The summed E-state index contributed by atoms with van der Waals surface area (Å²) in [6.45, 7) is 1.18. The van der Waals surface area contributed by atoms with Gasteiger partial charge in [0.15, 0.2) is 12.4 Å². The minimum Gasteiger partial charge on any atom is -0.456 e. The largest absolute Gasteiger partial charge is 0.456 e. The third-order valence-electron chi connectivity index (χ3n) is 5.23. The number of benzene rings is 1. The highest BCUT2D eigenvalue weighted by Crippen LogP contribution is 2.49. The smallest absolute Gasteiger partial charge is 0.306 e. The van der Waals surface area contributed by atoms with Gasteiger partial charge in [-0.3, -0.25) is 14.4 Å². The fourth-order valence-electron chi connectivity index (χ4n) is 4.06. The molecule has 5 nitrogen and oxygen atoms in total. The van der Waals surface area contributed by atoms with E-state index in [1.165, 1.54) is 26.2 Å². The summed E-state index contributed by atoms with van der Waals surface area (Å²) in [5.41, 5.74) is 1.05. The fourth-order valence-corrected chi connectivity index (χ4v) is 4.06. The molecule has 1 aromatic carbocycles. The van der Waals surface area contributed by atoms with E-state index in [-0.39, 0.29) is 18.4 Å². The summed E-state index contributed by atoms with van der Waals surface area (Å²) in [6, 6.07) is 6.69. The van der Waals surface area contributed by atoms with Gasteiger partial charge in [0.2, 0.25) is 0 Å². The molecule has 1 amide bonds. The van der Waals surface area contributed by atoms with Gasteiger partial charge in [-0.25, -0.2) is 0 Å². The van der Waals surface area contributed by atoms with Crippen LogP contribution in [-0.2, 0) is 14.3 Å². The average molecular weight is 329 g/mol. The molecule has 128 valence electrons. The standard InChI is InChI=1S/C19H23NO4/c1-12(21)14-3-2-4-17(9-14)20-18(22)11-24-19(23)10-16-8-13-5-6-15(16)7-13/h2-4,9,13,15-16H,5-8,10-11H2,1H3,(H,20,22)/t13-,15+,16-/m1/s1. The Morgan fingerprint density at radius 2 is 2.04 bits per heavy atom. The molecular weight excluding hydrogens is 306 g/mol. The Balaban J connectivity index is 1.43. The number of fused-ring (bicyclic) bond motifs is 2. The number of ketones is 1. The molecule has 3 rings (SSSR count). The normalized spacial score (nSPS) is 24.6. The maximum atomic E-state index is 11.9. The lowest BCUT2D eigenvalue weighted by atomic mass is 9.86. The number of anilines is 1. The minimum atomic E-state index is -0.392. The predicted molar refractivity (Wildman–Crippen MR) is 89.6 cm³/mol. The predicted octanol–water partition coefficient (Wildman–Crippen LogP) is 3.20. The summed E-state index contributed by atoms with van der Waals surface area (Å²) >= 11 is 0. The van der Waals surface area contributed by atoms with Gasteiger partial charge in [0.1, 0.15) is 0 Å². The van der Waals surface area contributed by atoms with E-state index in [0.29, 0.717) is 29.5 Å². The van der Waals surface area contributed by atoms with Crippen molar-refractivity contribution < 1.29 is 19.1 Å². The Labute approximate surface area is 141 Å². The highest BCUT2D eigenvalue weighted by Gasteiger charge is 2.40. The molecule has 0 heterocycles. The van der Waals surface area contributed by atoms with Gasteiger partial charge in [0, 0.05) is 17.7 Å². The molecule has 2 fully saturated rings. The number of Topliss-reactive ketones (excluding diaryl/α,β-unsaturated/α-hetero) is 1. The van der Waals surface area contributed by atoms with Gasteiger partial charge in [0.05, 0.1) is 0 Å². The Bertz CT molecular complexity index is 655. The van der Waals surface area contributed by atoms with Crippen molar-refractivity contribution in [1.82, 2.24) is 0 Å². The number of carbonyl (C=O) groups excluding carboxylic acids is 3. The SMILES string of the molecule is CC(=O)c1cccc(NC(=O)COC(=O)C[C@H]2C[C@@H]3CC[C@H]2C3)c1. The van der Waals surface area contributed by atoms with Crippen LogP contribution in [0.3, 0.4) is 0 Å². The summed E-state index contributed by atoms with van der Waals surface area (Å²) in [5.74, 6) is 1.16. The van der Waals surface area contributed by atoms with Crippen LogP contribution in [0, 0.1) is 17.8 Å². The van der Waals surface area contributed by atoms with Gasteiger partial charge in [-0.15, -0.1) is 0 Å². The van der Waals surface area contributed by atoms with Crippen LogP contribution in [0.2, 0.25) is 0 Å². The zero-order chi connectivity index (χ0) is 17.1. The number of hydrogen-bond acceptors (Lipinski definition) is 4. The van der Waals surface area contributed by atoms with Crippen molar-refractivity contribution in [2.75, 3.05) is 11.9 Å². The zero-order valence-electron chi connectivity index (χ0n) is 13.9. The first-order valence-electron chi connectivity index (χ1n) is 8.57. The quantitative estimate of drug-likeness (QED) is 0.642. The Hall–Kier alpha value is -2.17. The molecule has 24 heavy (non-hydrogen) atoms. The molecule has 2 bridgehead atoms. The molecule has 0 aromatic heterocycles. The second-order valence-electron chi connectivity index (χ2n) is 6.98. The third kappa shape index (κ3) is 4.02. The van der Waals surface area contributed by atoms with Crippen molar-refractivity contribution in [1.29, 1.82) is 0 Å². The van der Waals surface area contributed by atoms with Crippen LogP contribution < -0.4 is 5.32 Å². The molecule has 0 unspecified atom stereocenters. The van der Waals surface area contributed by atoms with Gasteiger partial charge < -0.3 is 10.1 Å². The lowest BCUT2D eigenvalue weighted by Gasteiger charge is -2.20. The van der Waals surface area contributed by atoms with Crippen molar-refractivity contribution in [3.8, 4) is 0 Å². The first kappa shape index (κ1) is 16.7. The molecule has 2 saturated carbocycles. The van der Waals surface area contributed by atoms with E-state index in [1.807, 2.05) is 0 Å². The molecule has 1 aromatic rings. The lowest BCUT2D eigenvalue weighted by Crippen LogP contribution is -2.23. The molecular formula is C19H23NO4. The number of esters is 1. The summed E-state index contributed by atoms with van der Waals surface area (Å²) in [5, 5.41) is 2.64. The number of amides is 1. The van der Waals surface area contributed by atoms with Gasteiger partial charge in [-0.05, 0) is 56.1 Å². The highest BCUT2D eigenvalue weighted by molar-refractivity contribution is 5.97. The van der Waals surface area contributed by atoms with E-state index >= 15 is 0 Å². The maximum absolute atomic E-state index is 11.9. The number of rotatable bonds is 6. The summed E-state index contributed by atoms with van der Waals surface area (Å²) in [6.07, 6.45) is 5.34. The van der Waals surface area contributed by atoms with Crippen molar-refractivity contribution in [3.63, 3.8) is 0 Å². The first-order chi connectivity index (χ1) is 11.5. The highest BCUT2D eigenvalue weighted by atomic mass is 16.5. The number of hydrogen-bond donors (Lipinski definition) is 1. The average Bonchev–Trinajstić information content (AvgIpc) is 3.16. The van der Waals surface area contributed by atoms with Crippen molar-refractivity contribution in [3.05, 3.63) is 29.8 Å². The molecule has 0 aliphatic heterocycles. The van der Waals surface area contributed by atoms with Gasteiger partial charge >= 0.3 is 5.97 Å². The second kappa shape index (κ2) is 7.16. The van der Waals surface area contributed by atoms with Crippen LogP contribution in [-0.4, -0.2) is 24.3 Å². The molecule has 1 N–H and O–H groups in total. The maximum Gasteiger partial charge on any atom is 0.306 e. The van der Waals surface area contributed by atoms with Gasteiger partial charge in [-0.2, -0.15) is 0 Å². The number of carbonyl (C=O) groups is 3. The molecule has 0 radical (unpaired) electrons. The van der Waals surface area contributed by atoms with E-state index in [9.17, 15) is 14.4 Å². The minimum absolute atomic E-state index is 0.0663. The van der Waals surface area contributed by atoms with Crippen molar-refractivity contribution >= 4 is 23.3 Å². The van der Waals surface area contributed by atoms with E-state index in [2.05, 4.69) is 5.32 Å². The van der Waals surface area contributed by atoms with E-state index < -0.39 is 5.91 Å².